The zero-order chi connectivity index (χ0) is 14.3. The van der Waals surface area contributed by atoms with Crippen LogP contribution in [-0.2, 0) is 9.59 Å². The molecule has 0 aromatic heterocycles. The first-order chi connectivity index (χ1) is 9.15. The molecule has 0 aromatic rings. The molecule has 4 nitrogen and oxygen atoms in total. The Morgan fingerprint density at radius 2 is 1.68 bits per heavy atom. The molecule has 1 N–H and O–H groups in total. The third-order valence-corrected chi connectivity index (χ3v) is 3.57. The number of nitrogens with one attached hydrogen (secondary N) is 1. The third kappa shape index (κ3) is 4.84. The van der Waals surface area contributed by atoms with Gasteiger partial charge >= 0.3 is 0 Å². The summed E-state index contributed by atoms with van der Waals surface area (Å²) < 4.78 is 0. The molecule has 0 spiro atoms. The normalized spacial score (nSPS) is 21.0. The standard InChI is InChI=1S/C15H28N2O2/c1-4-7-8-16-14(18)12-11-13(12)15(19)17(9-5-2)10-6-3/h12-13H,4-11H2,1-3H3,(H,16,18). The van der Waals surface area contributed by atoms with Gasteiger partial charge in [-0.25, -0.2) is 0 Å². The number of rotatable bonds is 9. The minimum atomic E-state index is -0.0689. The summed E-state index contributed by atoms with van der Waals surface area (Å²) in [5, 5.41) is 2.92. The van der Waals surface area contributed by atoms with E-state index in [-0.39, 0.29) is 23.7 Å². The summed E-state index contributed by atoms with van der Waals surface area (Å²) in [7, 11) is 0. The van der Waals surface area contributed by atoms with Crippen LogP contribution in [0.5, 0.6) is 0 Å². The molecule has 0 aromatic carbocycles. The molecular weight excluding hydrogens is 240 g/mol. The fourth-order valence-corrected chi connectivity index (χ4v) is 2.38. The number of carbonyl (C=O) groups is 2. The van der Waals surface area contributed by atoms with Crippen LogP contribution in [0.15, 0.2) is 0 Å². The van der Waals surface area contributed by atoms with Gasteiger partial charge in [0, 0.05) is 19.6 Å². The zero-order valence-electron chi connectivity index (χ0n) is 12.6. The van der Waals surface area contributed by atoms with Crippen molar-refractivity contribution in [1.82, 2.24) is 10.2 Å². The minimum absolute atomic E-state index is 0.0558. The predicted molar refractivity (Wildman–Crippen MR) is 76.7 cm³/mol. The minimum Gasteiger partial charge on any atom is -0.356 e. The van der Waals surface area contributed by atoms with Gasteiger partial charge in [-0.3, -0.25) is 9.59 Å². The molecule has 1 saturated carbocycles. The van der Waals surface area contributed by atoms with E-state index in [1.54, 1.807) is 0 Å². The molecule has 0 bridgehead atoms. The first kappa shape index (κ1) is 16.0. The van der Waals surface area contributed by atoms with Crippen molar-refractivity contribution in [2.45, 2.75) is 52.9 Å². The van der Waals surface area contributed by atoms with Crippen molar-refractivity contribution >= 4 is 11.8 Å². The van der Waals surface area contributed by atoms with Gasteiger partial charge in [-0.2, -0.15) is 0 Å². The highest BCUT2D eigenvalue weighted by Crippen LogP contribution is 2.40. The summed E-state index contributed by atoms with van der Waals surface area (Å²) in [6.45, 7) is 8.62. The van der Waals surface area contributed by atoms with Gasteiger partial charge in [-0.15, -0.1) is 0 Å². The summed E-state index contributed by atoms with van der Waals surface area (Å²) in [5.74, 6) is 0.124. The molecule has 0 heterocycles. The summed E-state index contributed by atoms with van der Waals surface area (Å²) >= 11 is 0. The van der Waals surface area contributed by atoms with E-state index in [9.17, 15) is 9.59 Å². The summed E-state index contributed by atoms with van der Waals surface area (Å²) in [6.07, 6.45) is 4.78. The van der Waals surface area contributed by atoms with Crippen molar-refractivity contribution in [3.8, 4) is 0 Å². The Bertz CT molecular complexity index is 299. The third-order valence-electron chi connectivity index (χ3n) is 3.57. The fourth-order valence-electron chi connectivity index (χ4n) is 2.38. The molecule has 2 atom stereocenters. The summed E-state index contributed by atoms with van der Waals surface area (Å²) in [4.78, 5) is 26.0. The highest BCUT2D eigenvalue weighted by Gasteiger charge is 2.49. The molecule has 1 rings (SSSR count). The second kappa shape index (κ2) is 8.18. The first-order valence-electron chi connectivity index (χ1n) is 7.72. The van der Waals surface area contributed by atoms with E-state index in [2.05, 4.69) is 26.1 Å². The van der Waals surface area contributed by atoms with Crippen molar-refractivity contribution < 1.29 is 9.59 Å². The van der Waals surface area contributed by atoms with Gasteiger partial charge in [-0.1, -0.05) is 27.2 Å². The first-order valence-corrected chi connectivity index (χ1v) is 7.72. The second-order valence-corrected chi connectivity index (χ2v) is 5.42. The van der Waals surface area contributed by atoms with E-state index in [0.29, 0.717) is 0 Å². The molecule has 1 aliphatic rings. The summed E-state index contributed by atoms with van der Waals surface area (Å²) in [6, 6.07) is 0. The second-order valence-electron chi connectivity index (χ2n) is 5.42. The molecule has 1 fully saturated rings. The van der Waals surface area contributed by atoms with E-state index in [1.165, 1.54) is 0 Å². The number of carbonyl (C=O) groups excluding carboxylic acids is 2. The van der Waals surface area contributed by atoms with Crippen LogP contribution < -0.4 is 5.32 Å². The maximum absolute atomic E-state index is 12.3. The molecule has 2 unspecified atom stereocenters. The Hall–Kier alpha value is -1.06. The van der Waals surface area contributed by atoms with E-state index in [1.807, 2.05) is 4.90 Å². The Morgan fingerprint density at radius 3 is 2.21 bits per heavy atom. The Balaban J connectivity index is 2.37. The predicted octanol–water partition coefficient (Wildman–Crippen LogP) is 2.19. The van der Waals surface area contributed by atoms with Gasteiger partial charge in [-0.05, 0) is 25.7 Å². The molecule has 1 aliphatic carbocycles. The molecule has 4 heteroatoms. The lowest BCUT2D eigenvalue weighted by Crippen LogP contribution is -2.35. The average Bonchev–Trinajstić information content (AvgIpc) is 3.18. The van der Waals surface area contributed by atoms with Gasteiger partial charge in [0.15, 0.2) is 0 Å². The lowest BCUT2D eigenvalue weighted by Gasteiger charge is -2.21. The van der Waals surface area contributed by atoms with E-state index < -0.39 is 0 Å². The van der Waals surface area contributed by atoms with E-state index >= 15 is 0 Å². The Kier molecular flexibility index (Phi) is 6.89. The van der Waals surface area contributed by atoms with Crippen LogP contribution in [0.3, 0.4) is 0 Å². The SMILES string of the molecule is CCCCNC(=O)C1CC1C(=O)N(CCC)CCC. The smallest absolute Gasteiger partial charge is 0.226 e. The van der Waals surface area contributed by atoms with Crippen molar-refractivity contribution in [2.75, 3.05) is 19.6 Å². The van der Waals surface area contributed by atoms with Crippen molar-refractivity contribution in [1.29, 1.82) is 0 Å². The molecule has 110 valence electrons. The maximum atomic E-state index is 12.3. The fraction of sp³-hybridized carbons (Fsp3) is 0.867. The van der Waals surface area contributed by atoms with Crippen LogP contribution in [0.1, 0.15) is 52.9 Å². The lowest BCUT2D eigenvalue weighted by molar-refractivity contribution is -0.134. The number of unbranched alkanes of at least 4 members (excludes halogenated alkanes) is 1. The number of nitrogens with zero attached hydrogens (tertiary/aromatic N) is 1. The topological polar surface area (TPSA) is 49.4 Å². The molecule has 2 amide bonds. The van der Waals surface area contributed by atoms with Gasteiger partial charge < -0.3 is 10.2 Å². The van der Waals surface area contributed by atoms with Crippen LogP contribution in [0, 0.1) is 11.8 Å². The van der Waals surface area contributed by atoms with Crippen LogP contribution in [0.4, 0.5) is 0 Å². The molecule has 19 heavy (non-hydrogen) atoms. The number of amides is 2. The van der Waals surface area contributed by atoms with Crippen LogP contribution in [0.2, 0.25) is 0 Å². The molecule has 0 radical (unpaired) electrons. The highest BCUT2D eigenvalue weighted by atomic mass is 16.2. The number of hydrogen-bond donors (Lipinski definition) is 1. The van der Waals surface area contributed by atoms with Gasteiger partial charge in [0.2, 0.25) is 11.8 Å². The maximum Gasteiger partial charge on any atom is 0.226 e. The quantitative estimate of drug-likeness (QED) is 0.652. The zero-order valence-corrected chi connectivity index (χ0v) is 12.6. The van der Waals surface area contributed by atoms with Gasteiger partial charge in [0.05, 0.1) is 11.8 Å². The van der Waals surface area contributed by atoms with E-state index in [0.717, 1.165) is 51.7 Å². The van der Waals surface area contributed by atoms with Crippen LogP contribution in [0.25, 0.3) is 0 Å². The largest absolute Gasteiger partial charge is 0.356 e. The van der Waals surface area contributed by atoms with Crippen molar-refractivity contribution in [3.05, 3.63) is 0 Å². The summed E-state index contributed by atoms with van der Waals surface area (Å²) in [5.41, 5.74) is 0. The Morgan fingerprint density at radius 1 is 1.05 bits per heavy atom. The van der Waals surface area contributed by atoms with Crippen molar-refractivity contribution in [3.63, 3.8) is 0 Å². The monoisotopic (exact) mass is 268 g/mol. The van der Waals surface area contributed by atoms with Crippen LogP contribution in [-0.4, -0.2) is 36.3 Å². The number of hydrogen-bond acceptors (Lipinski definition) is 2. The van der Waals surface area contributed by atoms with Gasteiger partial charge in [0.25, 0.3) is 0 Å². The highest BCUT2D eigenvalue weighted by molar-refractivity contribution is 5.92. The van der Waals surface area contributed by atoms with E-state index in [4.69, 9.17) is 0 Å². The lowest BCUT2D eigenvalue weighted by atomic mass is 10.2. The molecular formula is C15H28N2O2. The molecule has 0 saturated heterocycles. The van der Waals surface area contributed by atoms with Crippen LogP contribution >= 0.6 is 0 Å². The van der Waals surface area contributed by atoms with Gasteiger partial charge in [0.1, 0.15) is 0 Å². The molecule has 0 aliphatic heterocycles. The Labute approximate surface area is 116 Å². The average molecular weight is 268 g/mol. The van der Waals surface area contributed by atoms with Crippen molar-refractivity contribution in [2.24, 2.45) is 11.8 Å².